The zero-order chi connectivity index (χ0) is 19.2. The highest BCUT2D eigenvalue weighted by Gasteiger charge is 2.03. The number of anilines is 6. The summed E-state index contributed by atoms with van der Waals surface area (Å²) in [7, 11) is 0. The number of carbonyl (C=O) groups is 2. The van der Waals surface area contributed by atoms with Gasteiger partial charge in [-0.2, -0.15) is 5.10 Å². The number of carbonyl (C=O) groups excluding carboxylic acids is 2. The van der Waals surface area contributed by atoms with Crippen LogP contribution in [0.5, 0.6) is 0 Å². The van der Waals surface area contributed by atoms with Gasteiger partial charge in [-0.05, 0) is 48.5 Å². The lowest BCUT2D eigenvalue weighted by Gasteiger charge is -2.06. The Bertz CT molecular complexity index is 856. The zero-order valence-electron chi connectivity index (χ0n) is 15.0. The van der Waals surface area contributed by atoms with Gasteiger partial charge >= 0.3 is 0 Å². The van der Waals surface area contributed by atoms with E-state index in [1.54, 1.807) is 0 Å². The molecule has 1 aromatic heterocycles. The summed E-state index contributed by atoms with van der Waals surface area (Å²) in [5.74, 6) is 1.16. The Labute approximate surface area is 156 Å². The molecule has 138 valence electrons. The van der Waals surface area contributed by atoms with Crippen molar-refractivity contribution in [1.29, 1.82) is 0 Å². The van der Waals surface area contributed by atoms with Crippen LogP contribution in [0.2, 0.25) is 0 Å². The van der Waals surface area contributed by atoms with E-state index < -0.39 is 0 Å². The molecule has 0 fully saturated rings. The number of nitrogens with zero attached hydrogens (tertiary/aromatic N) is 1. The molecule has 0 saturated carbocycles. The van der Waals surface area contributed by atoms with Crippen LogP contribution >= 0.6 is 0 Å². The first-order chi connectivity index (χ1) is 13.0. The van der Waals surface area contributed by atoms with Crippen molar-refractivity contribution in [2.24, 2.45) is 0 Å². The van der Waals surface area contributed by atoms with Crippen LogP contribution in [-0.4, -0.2) is 22.0 Å². The van der Waals surface area contributed by atoms with E-state index in [4.69, 9.17) is 0 Å². The Hall–Kier alpha value is -3.81. The highest BCUT2D eigenvalue weighted by molar-refractivity contribution is 5.89. The fraction of sp³-hybridized carbons (Fsp3) is 0.105. The summed E-state index contributed by atoms with van der Waals surface area (Å²) in [6, 6.07) is 16.5. The largest absolute Gasteiger partial charge is 0.341 e. The molecule has 0 bridgehead atoms. The smallest absolute Gasteiger partial charge is 0.221 e. The fourth-order valence-electron chi connectivity index (χ4n) is 2.43. The molecule has 2 amide bonds. The van der Waals surface area contributed by atoms with Gasteiger partial charge in [-0.25, -0.2) is 0 Å². The number of rotatable bonds is 6. The van der Waals surface area contributed by atoms with Crippen LogP contribution in [0, 0.1) is 0 Å². The maximum absolute atomic E-state index is 11.0. The van der Waals surface area contributed by atoms with Crippen LogP contribution in [-0.2, 0) is 9.59 Å². The van der Waals surface area contributed by atoms with Gasteiger partial charge in [0.25, 0.3) is 0 Å². The second-order valence-electron chi connectivity index (χ2n) is 5.93. The third kappa shape index (κ3) is 5.33. The van der Waals surface area contributed by atoms with Crippen molar-refractivity contribution >= 4 is 46.2 Å². The maximum Gasteiger partial charge on any atom is 0.221 e. The topological polar surface area (TPSA) is 111 Å². The number of hydrogen-bond acceptors (Lipinski definition) is 5. The average Bonchev–Trinajstić information content (AvgIpc) is 3.04. The van der Waals surface area contributed by atoms with Crippen molar-refractivity contribution in [3.05, 3.63) is 54.6 Å². The Morgan fingerprint density at radius 3 is 1.67 bits per heavy atom. The lowest BCUT2D eigenvalue weighted by molar-refractivity contribution is -0.115. The second-order valence-corrected chi connectivity index (χ2v) is 5.93. The van der Waals surface area contributed by atoms with Gasteiger partial charge in [0.05, 0.1) is 0 Å². The molecule has 3 rings (SSSR count). The minimum Gasteiger partial charge on any atom is -0.341 e. The Morgan fingerprint density at radius 2 is 1.19 bits per heavy atom. The normalized spacial score (nSPS) is 10.1. The van der Waals surface area contributed by atoms with Gasteiger partial charge in [-0.1, -0.05) is 0 Å². The van der Waals surface area contributed by atoms with Crippen molar-refractivity contribution in [1.82, 2.24) is 10.2 Å². The van der Waals surface area contributed by atoms with Crippen LogP contribution in [0.4, 0.5) is 34.4 Å². The number of benzene rings is 2. The van der Waals surface area contributed by atoms with E-state index in [1.807, 2.05) is 54.6 Å². The first-order valence-corrected chi connectivity index (χ1v) is 8.33. The number of H-pyrrole nitrogens is 1. The van der Waals surface area contributed by atoms with Crippen molar-refractivity contribution in [2.45, 2.75) is 13.8 Å². The summed E-state index contributed by atoms with van der Waals surface area (Å²) < 4.78 is 0. The summed E-state index contributed by atoms with van der Waals surface area (Å²) in [5.41, 5.74) is 3.18. The molecule has 0 aliphatic heterocycles. The van der Waals surface area contributed by atoms with E-state index in [1.165, 1.54) is 13.8 Å². The molecule has 0 spiro atoms. The van der Waals surface area contributed by atoms with Crippen molar-refractivity contribution in [2.75, 3.05) is 21.3 Å². The number of hydrogen-bond donors (Lipinski definition) is 5. The molecule has 0 unspecified atom stereocenters. The Balaban J connectivity index is 1.59. The SMILES string of the molecule is CC(=O)Nc1ccc(Nc2cc(Nc3ccc(NC(C)=O)cc3)[nH]n2)cc1. The number of aromatic amines is 1. The molecule has 0 radical (unpaired) electrons. The second kappa shape index (κ2) is 8.05. The van der Waals surface area contributed by atoms with Crippen LogP contribution in [0.15, 0.2) is 54.6 Å². The van der Waals surface area contributed by atoms with Crippen molar-refractivity contribution in [3.8, 4) is 0 Å². The highest BCUT2D eigenvalue weighted by atomic mass is 16.2. The van der Waals surface area contributed by atoms with Gasteiger partial charge in [0, 0.05) is 42.7 Å². The van der Waals surface area contributed by atoms with Gasteiger partial charge in [-0.3, -0.25) is 14.7 Å². The molecule has 0 atom stereocenters. The summed E-state index contributed by atoms with van der Waals surface area (Å²) >= 11 is 0. The van der Waals surface area contributed by atoms with E-state index in [0.717, 1.165) is 28.6 Å². The van der Waals surface area contributed by atoms with Gasteiger partial charge in [0.1, 0.15) is 5.82 Å². The summed E-state index contributed by atoms with van der Waals surface area (Å²) in [5, 5.41) is 18.9. The lowest BCUT2D eigenvalue weighted by atomic mass is 10.2. The van der Waals surface area contributed by atoms with E-state index in [-0.39, 0.29) is 11.8 Å². The summed E-state index contributed by atoms with van der Waals surface area (Å²) in [6.07, 6.45) is 0. The molecule has 3 aromatic rings. The first kappa shape index (κ1) is 18.0. The van der Waals surface area contributed by atoms with E-state index >= 15 is 0 Å². The van der Waals surface area contributed by atoms with E-state index in [0.29, 0.717) is 5.82 Å². The fourth-order valence-corrected chi connectivity index (χ4v) is 2.43. The summed E-state index contributed by atoms with van der Waals surface area (Å²) in [6.45, 7) is 2.94. The average molecular weight is 364 g/mol. The number of aromatic nitrogens is 2. The molecule has 8 heteroatoms. The first-order valence-electron chi connectivity index (χ1n) is 8.33. The third-order valence-corrected chi connectivity index (χ3v) is 3.54. The zero-order valence-corrected chi connectivity index (χ0v) is 15.0. The molecule has 0 aliphatic carbocycles. The van der Waals surface area contributed by atoms with Gasteiger partial charge in [0.15, 0.2) is 5.82 Å². The molecule has 27 heavy (non-hydrogen) atoms. The van der Waals surface area contributed by atoms with Crippen molar-refractivity contribution in [3.63, 3.8) is 0 Å². The number of nitrogens with one attached hydrogen (secondary N) is 5. The maximum atomic E-state index is 11.0. The minimum absolute atomic E-state index is 0.106. The standard InChI is InChI=1S/C19H20N6O2/c1-12(26)20-14-3-7-16(8-4-14)22-18-11-19(25-24-18)23-17-9-5-15(6-10-17)21-13(2)27/h3-11H,1-2H3,(H,20,26)(H,21,27)(H3,22,23,24,25). The van der Waals surface area contributed by atoms with Crippen LogP contribution in [0.1, 0.15) is 13.8 Å². The lowest BCUT2D eigenvalue weighted by Crippen LogP contribution is -2.05. The van der Waals surface area contributed by atoms with E-state index in [2.05, 4.69) is 31.5 Å². The molecule has 0 aliphatic rings. The van der Waals surface area contributed by atoms with E-state index in [9.17, 15) is 9.59 Å². The highest BCUT2D eigenvalue weighted by Crippen LogP contribution is 2.22. The van der Waals surface area contributed by atoms with Crippen LogP contribution in [0.25, 0.3) is 0 Å². The molecular formula is C19H20N6O2. The summed E-state index contributed by atoms with van der Waals surface area (Å²) in [4.78, 5) is 22.1. The molecule has 2 aromatic carbocycles. The van der Waals surface area contributed by atoms with Gasteiger partial charge < -0.3 is 21.3 Å². The van der Waals surface area contributed by atoms with Crippen molar-refractivity contribution < 1.29 is 9.59 Å². The monoisotopic (exact) mass is 364 g/mol. The number of amides is 2. The molecule has 0 saturated heterocycles. The molecule has 5 N–H and O–H groups in total. The molecule has 8 nitrogen and oxygen atoms in total. The van der Waals surface area contributed by atoms with Gasteiger partial charge in [0.2, 0.25) is 11.8 Å². The Morgan fingerprint density at radius 1 is 0.741 bits per heavy atom. The minimum atomic E-state index is -0.108. The predicted octanol–water partition coefficient (Wildman–Crippen LogP) is 3.81. The molecule has 1 heterocycles. The predicted molar refractivity (Wildman–Crippen MR) is 107 cm³/mol. The van der Waals surface area contributed by atoms with Crippen LogP contribution < -0.4 is 21.3 Å². The van der Waals surface area contributed by atoms with Crippen LogP contribution in [0.3, 0.4) is 0 Å². The molecular weight excluding hydrogens is 344 g/mol. The quantitative estimate of drug-likeness (QED) is 0.457. The Kier molecular flexibility index (Phi) is 5.36. The third-order valence-electron chi connectivity index (χ3n) is 3.54. The van der Waals surface area contributed by atoms with Gasteiger partial charge in [-0.15, -0.1) is 0 Å².